The number of hydrogen-bond acceptors (Lipinski definition) is 8. The van der Waals surface area contributed by atoms with Crippen molar-refractivity contribution in [3.63, 3.8) is 0 Å². The maximum Gasteiger partial charge on any atom is 0.337 e. The van der Waals surface area contributed by atoms with Gasteiger partial charge in [0.1, 0.15) is 5.75 Å². The third kappa shape index (κ3) is 6.92. The lowest BCUT2D eigenvalue weighted by Crippen LogP contribution is -2.50. The molecule has 244 valence electrons. The molecule has 2 aromatic rings. The fourth-order valence-corrected chi connectivity index (χ4v) is 8.64. The summed E-state index contributed by atoms with van der Waals surface area (Å²) in [6.07, 6.45) is 11.2. The van der Waals surface area contributed by atoms with Gasteiger partial charge in [-0.1, -0.05) is 23.7 Å². The van der Waals surface area contributed by atoms with E-state index >= 15 is 0 Å². The van der Waals surface area contributed by atoms with Crippen molar-refractivity contribution in [2.45, 2.75) is 62.9 Å². The van der Waals surface area contributed by atoms with Gasteiger partial charge in [-0.05, 0) is 116 Å². The summed E-state index contributed by atoms with van der Waals surface area (Å²) < 4.78 is 45.9. The van der Waals surface area contributed by atoms with Crippen molar-refractivity contribution in [3.05, 3.63) is 69.8 Å². The summed E-state index contributed by atoms with van der Waals surface area (Å²) in [4.78, 5) is 15.0. The first-order chi connectivity index (χ1) is 21.6. The van der Waals surface area contributed by atoms with Crippen LogP contribution in [-0.2, 0) is 35.6 Å². The van der Waals surface area contributed by atoms with Crippen LogP contribution in [0.5, 0.6) is 5.75 Å². The molecule has 1 heterocycles. The molecule has 0 bridgehead atoms. The van der Waals surface area contributed by atoms with Gasteiger partial charge in [0.25, 0.3) is 10.1 Å². The summed E-state index contributed by atoms with van der Waals surface area (Å²) in [5, 5.41) is 0.761. The van der Waals surface area contributed by atoms with Gasteiger partial charge in [-0.2, -0.15) is 8.42 Å². The van der Waals surface area contributed by atoms with Gasteiger partial charge < -0.3 is 19.1 Å². The van der Waals surface area contributed by atoms with Gasteiger partial charge in [-0.15, -0.1) is 0 Å². The number of carbonyl (C=O) groups is 1. The van der Waals surface area contributed by atoms with Crippen molar-refractivity contribution in [1.29, 1.82) is 0 Å². The van der Waals surface area contributed by atoms with Crippen LogP contribution in [0.2, 0.25) is 5.02 Å². The lowest BCUT2D eigenvalue weighted by molar-refractivity contribution is 0.00284. The average Bonchev–Trinajstić information content (AvgIpc) is 3.17. The minimum absolute atomic E-state index is 0.0242. The highest BCUT2D eigenvalue weighted by Gasteiger charge is 2.45. The van der Waals surface area contributed by atoms with E-state index in [0.29, 0.717) is 24.0 Å². The average molecular weight is 658 g/mol. The second-order valence-electron chi connectivity index (χ2n) is 13.3. The first-order valence-corrected chi connectivity index (χ1v) is 18.2. The third-order valence-electron chi connectivity index (χ3n) is 10.5. The molecule has 0 radical (unpaired) electrons. The molecule has 2 aromatic carbocycles. The summed E-state index contributed by atoms with van der Waals surface area (Å²) in [7, 11) is -0.229. The SMILES string of the molecule is COC(=O)c1ccc2c(c1)N(C[C@@H]1CC[C@H]1C(OC)C1=CCC(COS(C)(=O)=O)CC1)C[C@@]1(CCCc3cc(Cl)ccc31)CO2. The fourth-order valence-electron chi connectivity index (χ4n) is 8.00. The molecule has 3 aliphatic carbocycles. The fraction of sp³-hybridized carbons (Fsp3) is 0.571. The molecule has 1 saturated carbocycles. The third-order valence-corrected chi connectivity index (χ3v) is 11.3. The Balaban J connectivity index is 1.26. The van der Waals surface area contributed by atoms with Crippen molar-refractivity contribution in [3.8, 4) is 5.75 Å². The topological polar surface area (TPSA) is 91.4 Å². The minimum atomic E-state index is -3.44. The van der Waals surface area contributed by atoms with E-state index in [2.05, 4.69) is 23.1 Å². The summed E-state index contributed by atoms with van der Waals surface area (Å²) >= 11 is 6.43. The zero-order valence-corrected chi connectivity index (χ0v) is 28.0. The Morgan fingerprint density at radius 1 is 1.13 bits per heavy atom. The van der Waals surface area contributed by atoms with Gasteiger partial charge in [0, 0.05) is 30.6 Å². The number of anilines is 1. The van der Waals surface area contributed by atoms with Crippen LogP contribution in [0.1, 0.15) is 66.4 Å². The quantitative estimate of drug-likeness (QED) is 0.175. The Hall–Kier alpha value is -2.59. The summed E-state index contributed by atoms with van der Waals surface area (Å²) in [5.74, 6) is 1.40. The number of nitrogens with zero attached hydrogens (tertiary/aromatic N) is 1. The van der Waals surface area contributed by atoms with E-state index in [1.807, 2.05) is 18.2 Å². The van der Waals surface area contributed by atoms with E-state index in [-0.39, 0.29) is 30.0 Å². The van der Waals surface area contributed by atoms with Gasteiger partial charge in [-0.3, -0.25) is 4.18 Å². The smallest absolute Gasteiger partial charge is 0.337 e. The van der Waals surface area contributed by atoms with Gasteiger partial charge in [0.15, 0.2) is 0 Å². The van der Waals surface area contributed by atoms with Crippen LogP contribution < -0.4 is 9.64 Å². The van der Waals surface area contributed by atoms with E-state index in [9.17, 15) is 13.2 Å². The van der Waals surface area contributed by atoms with Crippen LogP contribution in [0, 0.1) is 17.8 Å². The van der Waals surface area contributed by atoms with E-state index in [1.165, 1.54) is 23.8 Å². The van der Waals surface area contributed by atoms with Gasteiger partial charge in [0.2, 0.25) is 0 Å². The Labute approximate surface area is 272 Å². The number of allylic oxidation sites excluding steroid dienone is 1. The molecule has 0 aromatic heterocycles. The molecule has 8 nitrogen and oxygen atoms in total. The molecule has 0 saturated heterocycles. The molecule has 0 amide bonds. The molecular weight excluding hydrogens is 614 g/mol. The maximum atomic E-state index is 12.6. The molecule has 1 spiro atoms. The number of hydrogen-bond donors (Lipinski definition) is 0. The van der Waals surface area contributed by atoms with Crippen LogP contribution >= 0.6 is 11.6 Å². The highest BCUT2D eigenvalue weighted by Crippen LogP contribution is 2.48. The minimum Gasteiger partial charge on any atom is -0.490 e. The Morgan fingerprint density at radius 2 is 1.98 bits per heavy atom. The number of rotatable bonds is 9. The number of benzene rings is 2. The molecule has 1 aliphatic heterocycles. The van der Waals surface area contributed by atoms with Crippen LogP contribution in [0.3, 0.4) is 0 Å². The lowest BCUT2D eigenvalue weighted by Gasteiger charge is -2.47. The molecule has 0 N–H and O–H groups in total. The Morgan fingerprint density at radius 3 is 2.67 bits per heavy atom. The molecule has 10 heteroatoms. The number of carbonyl (C=O) groups excluding carboxylic acids is 1. The Kier molecular flexibility index (Phi) is 9.53. The number of aryl methyl sites for hydroxylation is 1. The van der Waals surface area contributed by atoms with Crippen molar-refractivity contribution >= 4 is 33.4 Å². The molecule has 6 rings (SSSR count). The normalized spacial score (nSPS) is 26.9. The van der Waals surface area contributed by atoms with Crippen molar-refractivity contribution in [2.24, 2.45) is 17.8 Å². The molecule has 45 heavy (non-hydrogen) atoms. The predicted octanol–water partition coefficient (Wildman–Crippen LogP) is 6.34. The van der Waals surface area contributed by atoms with E-state index in [4.69, 9.17) is 30.0 Å². The molecular formula is C35H44ClNO7S. The zero-order valence-electron chi connectivity index (χ0n) is 26.4. The largest absolute Gasteiger partial charge is 0.490 e. The first-order valence-electron chi connectivity index (χ1n) is 16.0. The number of esters is 1. The van der Waals surface area contributed by atoms with Crippen molar-refractivity contribution in [1.82, 2.24) is 0 Å². The van der Waals surface area contributed by atoms with Gasteiger partial charge in [-0.25, -0.2) is 4.79 Å². The first kappa shape index (κ1) is 32.4. The molecule has 5 atom stereocenters. The summed E-state index contributed by atoms with van der Waals surface area (Å²) in [5.41, 5.74) is 5.16. The van der Waals surface area contributed by atoms with Crippen LogP contribution in [-0.4, -0.2) is 67.3 Å². The van der Waals surface area contributed by atoms with Gasteiger partial charge >= 0.3 is 5.97 Å². The number of methoxy groups -OCH3 is 2. The summed E-state index contributed by atoms with van der Waals surface area (Å²) in [6, 6.07) is 11.9. The molecule has 1 fully saturated rings. The number of ether oxygens (including phenoxy) is 3. The zero-order chi connectivity index (χ0) is 31.8. The van der Waals surface area contributed by atoms with E-state index in [0.717, 1.165) is 87.2 Å². The second-order valence-corrected chi connectivity index (χ2v) is 15.4. The van der Waals surface area contributed by atoms with Crippen LogP contribution in [0.4, 0.5) is 5.69 Å². The van der Waals surface area contributed by atoms with Gasteiger partial charge in [0.05, 0.1) is 43.9 Å². The van der Waals surface area contributed by atoms with Crippen LogP contribution in [0.25, 0.3) is 0 Å². The predicted molar refractivity (Wildman–Crippen MR) is 175 cm³/mol. The van der Waals surface area contributed by atoms with Crippen molar-refractivity contribution in [2.75, 3.05) is 51.7 Å². The number of halogens is 1. The van der Waals surface area contributed by atoms with Crippen LogP contribution in [0.15, 0.2) is 48.0 Å². The standard InChI is InChI=1S/C35H44ClNO7S/c1-41-33(24-8-6-23(7-9-24)20-44-45(3,39)40)29-13-10-27(29)19-37-21-35(16-4-5-25-17-28(36)12-14-30(25)35)22-43-32-15-11-26(18-31(32)37)34(38)42-2/h8,11-12,14-15,17-18,23,27,29,33H,4-7,9-10,13,16,19-22H2,1-3H3/t23?,27-,29+,33?,35-/m0/s1. The highest BCUT2D eigenvalue weighted by molar-refractivity contribution is 7.85. The monoisotopic (exact) mass is 657 g/mol. The molecule has 4 aliphatic rings. The Bertz CT molecular complexity index is 1560. The highest BCUT2D eigenvalue weighted by atomic mass is 35.5. The van der Waals surface area contributed by atoms with E-state index < -0.39 is 10.1 Å². The second kappa shape index (κ2) is 13.3. The summed E-state index contributed by atoms with van der Waals surface area (Å²) in [6.45, 7) is 2.40. The number of fused-ring (bicyclic) bond motifs is 3. The van der Waals surface area contributed by atoms with E-state index in [1.54, 1.807) is 13.2 Å². The van der Waals surface area contributed by atoms with Crippen molar-refractivity contribution < 1.29 is 31.6 Å². The molecule has 2 unspecified atom stereocenters. The lowest BCUT2D eigenvalue weighted by atomic mass is 9.66. The maximum absolute atomic E-state index is 12.6.